The van der Waals surface area contributed by atoms with Crippen LogP contribution in [-0.2, 0) is 10.0 Å². The maximum Gasteiger partial charge on any atom is 0.244 e. The van der Waals surface area contributed by atoms with Crippen molar-refractivity contribution in [1.82, 2.24) is 9.29 Å². The van der Waals surface area contributed by atoms with Gasteiger partial charge in [0.1, 0.15) is 4.90 Å². The van der Waals surface area contributed by atoms with Gasteiger partial charge in [-0.15, -0.1) is 0 Å². The topological polar surface area (TPSA) is 76.3 Å². The number of hydrogen-bond acceptors (Lipinski definition) is 4. The Kier molecular flexibility index (Phi) is 4.20. The maximum atomic E-state index is 12.5. The van der Waals surface area contributed by atoms with Crippen molar-refractivity contribution in [3.8, 4) is 11.8 Å². The normalized spacial score (nSPS) is 20.0. The van der Waals surface area contributed by atoms with E-state index in [1.54, 1.807) is 6.07 Å². The molecule has 1 aromatic rings. The number of nitrogens with zero attached hydrogens (tertiary/aromatic N) is 2. The first-order valence-electron chi connectivity index (χ1n) is 6.21. The first-order valence-corrected chi connectivity index (χ1v) is 7.65. The van der Waals surface area contributed by atoms with E-state index in [0.29, 0.717) is 12.1 Å². The Morgan fingerprint density at radius 3 is 2.95 bits per heavy atom. The SMILES string of the molecule is CC1CCCN1S(=O)(=O)c1cncc(C#CCN)c1. The van der Waals surface area contributed by atoms with Gasteiger partial charge >= 0.3 is 0 Å². The number of nitrogens with two attached hydrogens (primary N) is 1. The summed E-state index contributed by atoms with van der Waals surface area (Å²) in [7, 11) is -3.46. The van der Waals surface area contributed by atoms with Gasteiger partial charge in [-0.25, -0.2) is 8.42 Å². The first-order chi connectivity index (χ1) is 9.05. The minimum absolute atomic E-state index is 0.0452. The zero-order chi connectivity index (χ0) is 13.9. The fraction of sp³-hybridized carbons (Fsp3) is 0.462. The molecular formula is C13H17N3O2S. The average molecular weight is 279 g/mol. The summed E-state index contributed by atoms with van der Waals surface area (Å²) in [5, 5.41) is 0. The molecule has 1 unspecified atom stereocenters. The first kappa shape index (κ1) is 14.0. The second kappa shape index (κ2) is 5.70. The molecule has 0 radical (unpaired) electrons. The summed E-state index contributed by atoms with van der Waals surface area (Å²) in [6.45, 7) is 2.73. The third-order valence-electron chi connectivity index (χ3n) is 3.15. The highest BCUT2D eigenvalue weighted by Crippen LogP contribution is 2.25. The lowest BCUT2D eigenvalue weighted by molar-refractivity contribution is 0.408. The van der Waals surface area contributed by atoms with Crippen molar-refractivity contribution in [3.63, 3.8) is 0 Å². The summed E-state index contributed by atoms with van der Waals surface area (Å²) >= 11 is 0. The molecule has 1 aliphatic heterocycles. The smallest absolute Gasteiger partial charge is 0.244 e. The van der Waals surface area contributed by atoms with E-state index < -0.39 is 10.0 Å². The standard InChI is InChI=1S/C13H17N3O2S/c1-11-4-3-7-16(11)19(17,18)13-8-12(5-2-6-14)9-15-10-13/h8-11H,3-4,6-7,14H2,1H3. The van der Waals surface area contributed by atoms with Crippen LogP contribution in [0.1, 0.15) is 25.3 Å². The molecule has 0 amide bonds. The predicted octanol–water partition coefficient (Wildman–Crippen LogP) is 0.565. The molecule has 0 aromatic carbocycles. The minimum Gasteiger partial charge on any atom is -0.320 e. The molecule has 0 spiro atoms. The molecule has 1 fully saturated rings. The molecule has 2 N–H and O–H groups in total. The van der Waals surface area contributed by atoms with E-state index in [1.165, 1.54) is 16.7 Å². The molecule has 19 heavy (non-hydrogen) atoms. The predicted molar refractivity (Wildman–Crippen MR) is 72.8 cm³/mol. The lowest BCUT2D eigenvalue weighted by Crippen LogP contribution is -2.33. The fourth-order valence-electron chi connectivity index (χ4n) is 2.18. The van der Waals surface area contributed by atoms with Crippen molar-refractivity contribution in [2.75, 3.05) is 13.1 Å². The van der Waals surface area contributed by atoms with Gasteiger partial charge in [-0.05, 0) is 25.8 Å². The van der Waals surface area contributed by atoms with Crippen molar-refractivity contribution in [2.45, 2.75) is 30.7 Å². The van der Waals surface area contributed by atoms with Crippen LogP contribution in [0.5, 0.6) is 0 Å². The van der Waals surface area contributed by atoms with Gasteiger partial charge in [-0.1, -0.05) is 11.8 Å². The van der Waals surface area contributed by atoms with Crippen LogP contribution in [0.4, 0.5) is 0 Å². The number of rotatable bonds is 2. The molecule has 1 aromatic heterocycles. The van der Waals surface area contributed by atoms with Crippen LogP contribution in [0.25, 0.3) is 0 Å². The Labute approximate surface area is 113 Å². The van der Waals surface area contributed by atoms with Crippen molar-refractivity contribution >= 4 is 10.0 Å². The Morgan fingerprint density at radius 1 is 1.53 bits per heavy atom. The highest BCUT2D eigenvalue weighted by atomic mass is 32.2. The van der Waals surface area contributed by atoms with Gasteiger partial charge in [0, 0.05) is 30.5 Å². The number of aromatic nitrogens is 1. The van der Waals surface area contributed by atoms with Crippen LogP contribution >= 0.6 is 0 Å². The second-order valence-corrected chi connectivity index (χ2v) is 6.41. The van der Waals surface area contributed by atoms with Gasteiger partial charge in [0.15, 0.2) is 0 Å². The average Bonchev–Trinajstić information content (AvgIpc) is 2.84. The van der Waals surface area contributed by atoms with Gasteiger partial charge in [0.2, 0.25) is 10.0 Å². The molecule has 0 saturated carbocycles. The molecule has 2 rings (SSSR count). The summed E-state index contributed by atoms with van der Waals surface area (Å²) in [5.41, 5.74) is 5.87. The Bertz CT molecular complexity index is 616. The molecule has 0 bridgehead atoms. The van der Waals surface area contributed by atoms with Crippen LogP contribution < -0.4 is 5.73 Å². The van der Waals surface area contributed by atoms with E-state index in [1.807, 2.05) is 6.92 Å². The Hall–Kier alpha value is -1.42. The van der Waals surface area contributed by atoms with Crippen LogP contribution in [0.15, 0.2) is 23.4 Å². The number of hydrogen-bond donors (Lipinski definition) is 1. The van der Waals surface area contributed by atoms with Crippen molar-refractivity contribution in [2.24, 2.45) is 5.73 Å². The molecule has 1 aliphatic rings. The minimum atomic E-state index is -3.46. The quantitative estimate of drug-likeness (QED) is 0.803. The second-order valence-electron chi connectivity index (χ2n) is 4.52. The highest BCUT2D eigenvalue weighted by molar-refractivity contribution is 7.89. The summed E-state index contributed by atoms with van der Waals surface area (Å²) in [6.07, 6.45) is 4.71. The number of pyridine rings is 1. The van der Waals surface area contributed by atoms with Crippen LogP contribution in [-0.4, -0.2) is 36.8 Å². The van der Waals surface area contributed by atoms with Gasteiger partial charge in [-0.2, -0.15) is 4.31 Å². The van der Waals surface area contributed by atoms with Gasteiger partial charge in [0.25, 0.3) is 0 Å². The van der Waals surface area contributed by atoms with Gasteiger partial charge < -0.3 is 5.73 Å². The van der Waals surface area contributed by atoms with E-state index >= 15 is 0 Å². The van der Waals surface area contributed by atoms with E-state index in [-0.39, 0.29) is 17.5 Å². The van der Waals surface area contributed by atoms with Crippen LogP contribution in [0.2, 0.25) is 0 Å². The Balaban J connectivity index is 2.35. The zero-order valence-electron chi connectivity index (χ0n) is 10.8. The van der Waals surface area contributed by atoms with Crippen LogP contribution in [0.3, 0.4) is 0 Å². The van der Waals surface area contributed by atoms with Crippen molar-refractivity contribution in [1.29, 1.82) is 0 Å². The fourth-order valence-corrected chi connectivity index (χ4v) is 3.87. The highest BCUT2D eigenvalue weighted by Gasteiger charge is 2.32. The zero-order valence-corrected chi connectivity index (χ0v) is 11.7. The third kappa shape index (κ3) is 2.95. The lowest BCUT2D eigenvalue weighted by Gasteiger charge is -2.20. The van der Waals surface area contributed by atoms with Crippen LogP contribution in [0, 0.1) is 11.8 Å². The lowest BCUT2D eigenvalue weighted by atomic mass is 10.3. The molecule has 102 valence electrons. The maximum absolute atomic E-state index is 12.5. The summed E-state index contributed by atoms with van der Waals surface area (Å²) in [6, 6.07) is 1.60. The number of sulfonamides is 1. The summed E-state index contributed by atoms with van der Waals surface area (Å²) in [5.74, 6) is 5.49. The van der Waals surface area contributed by atoms with Crippen molar-refractivity contribution in [3.05, 3.63) is 24.0 Å². The molecule has 6 heteroatoms. The largest absolute Gasteiger partial charge is 0.320 e. The molecular weight excluding hydrogens is 262 g/mol. The summed E-state index contributed by atoms with van der Waals surface area (Å²) < 4.78 is 26.5. The van der Waals surface area contributed by atoms with Gasteiger partial charge in [-0.3, -0.25) is 4.98 Å². The van der Waals surface area contributed by atoms with Crippen molar-refractivity contribution < 1.29 is 8.42 Å². The van der Waals surface area contributed by atoms with Gasteiger partial charge in [0.05, 0.1) is 6.54 Å². The van der Waals surface area contributed by atoms with E-state index in [4.69, 9.17) is 5.73 Å². The molecule has 1 saturated heterocycles. The third-order valence-corrected chi connectivity index (χ3v) is 5.13. The van der Waals surface area contributed by atoms with E-state index in [2.05, 4.69) is 16.8 Å². The Morgan fingerprint density at radius 2 is 2.32 bits per heavy atom. The molecule has 1 atom stereocenters. The monoisotopic (exact) mass is 279 g/mol. The van der Waals surface area contributed by atoms with E-state index in [0.717, 1.165) is 12.8 Å². The molecule has 0 aliphatic carbocycles. The molecule has 2 heterocycles. The molecule has 5 nitrogen and oxygen atoms in total. The summed E-state index contributed by atoms with van der Waals surface area (Å²) in [4.78, 5) is 4.15. The van der Waals surface area contributed by atoms with E-state index in [9.17, 15) is 8.42 Å².